The van der Waals surface area contributed by atoms with Gasteiger partial charge < -0.3 is 10.2 Å². The highest BCUT2D eigenvalue weighted by molar-refractivity contribution is 5.96. The van der Waals surface area contributed by atoms with Crippen LogP contribution in [0.1, 0.15) is 6.42 Å². The Morgan fingerprint density at radius 2 is 2.06 bits per heavy atom. The van der Waals surface area contributed by atoms with E-state index in [4.69, 9.17) is 0 Å². The lowest BCUT2D eigenvalue weighted by atomic mass is 10.2. The van der Waals surface area contributed by atoms with Crippen LogP contribution in [0.5, 0.6) is 0 Å². The maximum atomic E-state index is 11.6. The molecule has 5 nitrogen and oxygen atoms in total. The molecule has 1 amide bonds. The van der Waals surface area contributed by atoms with Gasteiger partial charge in [0.1, 0.15) is 12.0 Å². The van der Waals surface area contributed by atoms with Crippen molar-refractivity contribution in [1.29, 1.82) is 0 Å². The number of nitrogens with one attached hydrogen (secondary N) is 1. The van der Waals surface area contributed by atoms with Gasteiger partial charge in [0.15, 0.2) is 5.82 Å². The Kier molecular flexibility index (Phi) is 2.64. The Hall–Kier alpha value is -2.43. The number of para-hydroxylation sites is 1. The molecule has 2 heterocycles. The topological polar surface area (TPSA) is 58.1 Å². The Morgan fingerprint density at radius 1 is 1.22 bits per heavy atom. The van der Waals surface area contributed by atoms with E-state index in [0.29, 0.717) is 18.7 Å². The quantitative estimate of drug-likeness (QED) is 0.827. The molecule has 18 heavy (non-hydrogen) atoms. The van der Waals surface area contributed by atoms with Gasteiger partial charge in [0, 0.05) is 18.7 Å². The zero-order valence-electron chi connectivity index (χ0n) is 9.71. The molecular formula is C13H12N4O. The molecule has 5 heteroatoms. The van der Waals surface area contributed by atoms with Crippen molar-refractivity contribution in [2.24, 2.45) is 0 Å². The van der Waals surface area contributed by atoms with E-state index in [-0.39, 0.29) is 5.91 Å². The van der Waals surface area contributed by atoms with Crippen LogP contribution in [-0.2, 0) is 4.79 Å². The number of fused-ring (bicyclic) bond motifs is 1. The van der Waals surface area contributed by atoms with E-state index < -0.39 is 0 Å². The molecule has 1 N–H and O–H groups in total. The van der Waals surface area contributed by atoms with Crippen LogP contribution in [0.25, 0.3) is 0 Å². The minimum atomic E-state index is -0.00974. The molecule has 0 atom stereocenters. The van der Waals surface area contributed by atoms with Crippen LogP contribution in [0.4, 0.5) is 17.2 Å². The van der Waals surface area contributed by atoms with Crippen LogP contribution < -0.4 is 10.2 Å². The number of rotatable bonds is 1. The average molecular weight is 240 g/mol. The van der Waals surface area contributed by atoms with Gasteiger partial charge in [0.25, 0.3) is 0 Å². The normalized spacial score (nSPS) is 14.7. The van der Waals surface area contributed by atoms with Crippen LogP contribution in [0.2, 0.25) is 0 Å². The molecule has 0 aliphatic carbocycles. The average Bonchev–Trinajstić information content (AvgIpc) is 2.58. The predicted molar refractivity (Wildman–Crippen MR) is 68.7 cm³/mol. The van der Waals surface area contributed by atoms with E-state index in [1.807, 2.05) is 35.2 Å². The van der Waals surface area contributed by atoms with E-state index >= 15 is 0 Å². The first-order valence-electron chi connectivity index (χ1n) is 5.77. The molecule has 0 bridgehead atoms. The van der Waals surface area contributed by atoms with Gasteiger partial charge in [0.2, 0.25) is 5.91 Å². The molecule has 0 saturated carbocycles. The molecule has 1 aromatic heterocycles. The summed E-state index contributed by atoms with van der Waals surface area (Å²) in [6.07, 6.45) is 3.55. The highest BCUT2D eigenvalue weighted by atomic mass is 16.1. The molecule has 1 aliphatic heterocycles. The van der Waals surface area contributed by atoms with Crippen molar-refractivity contribution in [2.45, 2.75) is 6.42 Å². The maximum absolute atomic E-state index is 11.6. The summed E-state index contributed by atoms with van der Waals surface area (Å²) < 4.78 is 0. The van der Waals surface area contributed by atoms with Crippen LogP contribution >= 0.6 is 0 Å². The van der Waals surface area contributed by atoms with Crippen molar-refractivity contribution in [3.8, 4) is 0 Å². The number of anilines is 3. The Balaban J connectivity index is 2.08. The first-order valence-corrected chi connectivity index (χ1v) is 5.77. The number of hydrogen-bond acceptors (Lipinski definition) is 4. The second kappa shape index (κ2) is 4.44. The number of carbonyl (C=O) groups excluding carboxylic acids is 1. The van der Waals surface area contributed by atoms with Gasteiger partial charge in [-0.3, -0.25) is 4.79 Å². The van der Waals surface area contributed by atoms with Crippen molar-refractivity contribution in [3.05, 3.63) is 42.9 Å². The number of benzene rings is 1. The zero-order chi connectivity index (χ0) is 12.4. The number of hydrogen-bond donors (Lipinski definition) is 1. The first kappa shape index (κ1) is 10.7. The zero-order valence-corrected chi connectivity index (χ0v) is 9.71. The molecular weight excluding hydrogens is 228 g/mol. The summed E-state index contributed by atoms with van der Waals surface area (Å²) in [5, 5.41) is 2.82. The van der Waals surface area contributed by atoms with Gasteiger partial charge in [-0.05, 0) is 12.1 Å². The van der Waals surface area contributed by atoms with E-state index in [1.54, 1.807) is 6.20 Å². The Morgan fingerprint density at radius 3 is 2.89 bits per heavy atom. The number of amides is 1. The first-order chi connectivity index (χ1) is 8.84. The van der Waals surface area contributed by atoms with Gasteiger partial charge >= 0.3 is 0 Å². The largest absolute Gasteiger partial charge is 0.324 e. The Bertz CT molecular complexity index is 570. The second-order valence-corrected chi connectivity index (χ2v) is 4.05. The monoisotopic (exact) mass is 240 g/mol. The third kappa shape index (κ3) is 1.90. The summed E-state index contributed by atoms with van der Waals surface area (Å²) in [4.78, 5) is 21.9. The minimum Gasteiger partial charge on any atom is -0.324 e. The van der Waals surface area contributed by atoms with Crippen molar-refractivity contribution in [3.63, 3.8) is 0 Å². The smallest absolute Gasteiger partial charge is 0.226 e. The highest BCUT2D eigenvalue weighted by Crippen LogP contribution is 2.31. The van der Waals surface area contributed by atoms with Crippen LogP contribution in [-0.4, -0.2) is 22.4 Å². The molecule has 0 fully saturated rings. The summed E-state index contributed by atoms with van der Waals surface area (Å²) in [6.45, 7) is 0.611. The van der Waals surface area contributed by atoms with Gasteiger partial charge in [-0.15, -0.1) is 0 Å². The van der Waals surface area contributed by atoms with Crippen molar-refractivity contribution in [1.82, 2.24) is 9.97 Å². The molecule has 1 aromatic carbocycles. The fraction of sp³-hybridized carbons (Fsp3) is 0.154. The minimum absolute atomic E-state index is 0.00974. The molecule has 0 spiro atoms. The summed E-state index contributed by atoms with van der Waals surface area (Å²) in [6, 6.07) is 9.90. The van der Waals surface area contributed by atoms with E-state index in [0.717, 1.165) is 11.5 Å². The van der Waals surface area contributed by atoms with E-state index in [9.17, 15) is 4.79 Å². The van der Waals surface area contributed by atoms with Gasteiger partial charge in [0.05, 0.1) is 6.20 Å². The molecule has 1 aliphatic rings. The molecule has 90 valence electrons. The van der Waals surface area contributed by atoms with E-state index in [1.165, 1.54) is 6.33 Å². The van der Waals surface area contributed by atoms with Crippen molar-refractivity contribution < 1.29 is 4.79 Å². The SMILES string of the molecule is O=C1CCN(c2ccccc2)c2ncncc2N1. The third-order valence-corrected chi connectivity index (χ3v) is 2.85. The van der Waals surface area contributed by atoms with Crippen molar-refractivity contribution >= 4 is 23.1 Å². The lowest BCUT2D eigenvalue weighted by molar-refractivity contribution is -0.115. The fourth-order valence-corrected chi connectivity index (χ4v) is 2.02. The predicted octanol–water partition coefficient (Wildman–Crippen LogP) is 1.96. The summed E-state index contributed by atoms with van der Waals surface area (Å²) >= 11 is 0. The molecule has 2 aromatic rings. The van der Waals surface area contributed by atoms with Crippen molar-refractivity contribution in [2.75, 3.05) is 16.8 Å². The highest BCUT2D eigenvalue weighted by Gasteiger charge is 2.21. The summed E-state index contributed by atoms with van der Waals surface area (Å²) in [7, 11) is 0. The van der Waals surface area contributed by atoms with E-state index in [2.05, 4.69) is 15.3 Å². The number of nitrogens with zero attached hydrogens (tertiary/aromatic N) is 3. The number of aromatic nitrogens is 2. The van der Waals surface area contributed by atoms with Gasteiger partial charge in [-0.25, -0.2) is 9.97 Å². The fourth-order valence-electron chi connectivity index (χ4n) is 2.02. The lowest BCUT2D eigenvalue weighted by Gasteiger charge is -2.22. The lowest BCUT2D eigenvalue weighted by Crippen LogP contribution is -2.19. The maximum Gasteiger partial charge on any atom is 0.226 e. The Labute approximate surface area is 104 Å². The van der Waals surface area contributed by atoms with Gasteiger partial charge in [-0.2, -0.15) is 0 Å². The van der Waals surface area contributed by atoms with Gasteiger partial charge in [-0.1, -0.05) is 18.2 Å². The molecule has 3 rings (SSSR count). The number of carbonyl (C=O) groups is 1. The van der Waals surface area contributed by atoms with Crippen LogP contribution in [0, 0.1) is 0 Å². The third-order valence-electron chi connectivity index (χ3n) is 2.85. The summed E-state index contributed by atoms with van der Waals surface area (Å²) in [5.74, 6) is 0.728. The van der Waals surface area contributed by atoms with Crippen LogP contribution in [0.15, 0.2) is 42.9 Å². The standard InChI is InChI=1S/C13H12N4O/c18-12-6-7-17(10-4-2-1-3-5-10)13-11(16-12)8-14-9-15-13/h1-5,8-9H,6-7H2,(H,16,18). The molecule has 0 radical (unpaired) electrons. The second-order valence-electron chi connectivity index (χ2n) is 4.05. The molecule has 0 saturated heterocycles. The molecule has 0 unspecified atom stereocenters. The summed E-state index contributed by atoms with van der Waals surface area (Å²) in [5.41, 5.74) is 1.68. The van der Waals surface area contributed by atoms with Crippen LogP contribution in [0.3, 0.4) is 0 Å².